The van der Waals surface area contributed by atoms with Crippen molar-refractivity contribution in [3.8, 4) is 0 Å². The fourth-order valence-corrected chi connectivity index (χ4v) is 2.77. The second-order valence-electron chi connectivity index (χ2n) is 11.8. The van der Waals surface area contributed by atoms with Gasteiger partial charge in [-0.25, -0.2) is 0 Å². The lowest BCUT2D eigenvalue weighted by Gasteiger charge is -2.31. The summed E-state index contributed by atoms with van der Waals surface area (Å²) in [5, 5.41) is 10.1. The van der Waals surface area contributed by atoms with Gasteiger partial charge in [-0.05, 0) is 62.3 Å². The van der Waals surface area contributed by atoms with E-state index in [9.17, 15) is 19.5 Å². The van der Waals surface area contributed by atoms with Gasteiger partial charge in [0.15, 0.2) is 0 Å². The molecule has 0 aromatic rings. The molecule has 0 saturated carbocycles. The summed E-state index contributed by atoms with van der Waals surface area (Å²) in [5.41, 5.74) is -2.72. The molecule has 10 heteroatoms. The van der Waals surface area contributed by atoms with Gasteiger partial charge in [0.2, 0.25) is 0 Å². The number of esters is 3. The molecule has 0 amide bonds. The van der Waals surface area contributed by atoms with Crippen molar-refractivity contribution in [3.05, 3.63) is 0 Å². The number of aliphatic hydroxyl groups is 1. The van der Waals surface area contributed by atoms with E-state index in [1.165, 1.54) is 0 Å². The molecule has 0 aromatic heterocycles. The predicted molar refractivity (Wildman–Crippen MR) is 133 cm³/mol. The van der Waals surface area contributed by atoms with Crippen LogP contribution in [0.4, 0.5) is 0 Å². The van der Waals surface area contributed by atoms with Crippen LogP contribution in [0.5, 0.6) is 0 Å². The van der Waals surface area contributed by atoms with E-state index in [1.807, 2.05) is 0 Å². The number of carbonyl (C=O) groups is 3. The van der Waals surface area contributed by atoms with Crippen molar-refractivity contribution < 1.29 is 47.9 Å². The van der Waals surface area contributed by atoms with E-state index in [0.717, 1.165) is 0 Å². The van der Waals surface area contributed by atoms with Gasteiger partial charge in [0.25, 0.3) is 0 Å². The van der Waals surface area contributed by atoms with Crippen molar-refractivity contribution in [2.24, 2.45) is 5.41 Å². The van der Waals surface area contributed by atoms with Gasteiger partial charge >= 0.3 is 17.9 Å². The minimum Gasteiger partial charge on any atom is -0.460 e. The zero-order valence-corrected chi connectivity index (χ0v) is 23.7. The monoisotopic (exact) mass is 520 g/mol. The number of hydrogen-bond donors (Lipinski definition) is 1. The van der Waals surface area contributed by atoms with Gasteiger partial charge in [-0.1, -0.05) is 0 Å². The third kappa shape index (κ3) is 19.4. The number of rotatable bonds is 16. The molecule has 0 aromatic carbocycles. The molecular weight excluding hydrogens is 472 g/mol. The van der Waals surface area contributed by atoms with Crippen molar-refractivity contribution in [3.63, 3.8) is 0 Å². The van der Waals surface area contributed by atoms with Gasteiger partial charge in [0, 0.05) is 0 Å². The highest BCUT2D eigenvalue weighted by Gasteiger charge is 2.32. The lowest BCUT2D eigenvalue weighted by Crippen LogP contribution is -2.41. The summed E-state index contributed by atoms with van der Waals surface area (Å²) >= 11 is 0. The summed E-state index contributed by atoms with van der Waals surface area (Å²) in [5.74, 6) is -1.17. The predicted octanol–water partition coefficient (Wildman–Crippen LogP) is 3.21. The topological polar surface area (TPSA) is 127 Å². The largest absolute Gasteiger partial charge is 0.460 e. The molecule has 0 saturated heterocycles. The fourth-order valence-electron chi connectivity index (χ4n) is 2.77. The Morgan fingerprint density at radius 2 is 0.778 bits per heavy atom. The summed E-state index contributed by atoms with van der Waals surface area (Å²) in [6, 6.07) is 0. The number of ether oxygens (including phenoxy) is 6. The zero-order chi connectivity index (χ0) is 28.0. The lowest BCUT2D eigenvalue weighted by molar-refractivity contribution is -0.157. The maximum absolute atomic E-state index is 11.9. The van der Waals surface area contributed by atoms with Crippen LogP contribution in [0.25, 0.3) is 0 Å². The third-order valence-electron chi connectivity index (χ3n) is 4.17. The van der Waals surface area contributed by atoms with Crippen molar-refractivity contribution in [2.45, 2.75) is 98.4 Å². The van der Waals surface area contributed by atoms with Gasteiger partial charge in [0.05, 0.1) is 70.9 Å². The molecule has 212 valence electrons. The first-order valence-electron chi connectivity index (χ1n) is 12.4. The SMILES string of the molecule is CC(C)(C)OC(=O)CCOCC(CO)(COCCC(=O)OC(C)(C)C)COCCC(=O)OC(C)(C)C. The van der Waals surface area contributed by atoms with Gasteiger partial charge in [-0.15, -0.1) is 0 Å². The van der Waals surface area contributed by atoms with Crippen molar-refractivity contribution in [1.82, 2.24) is 0 Å². The molecule has 10 nitrogen and oxygen atoms in total. The maximum Gasteiger partial charge on any atom is 0.308 e. The van der Waals surface area contributed by atoms with Crippen LogP contribution in [0.2, 0.25) is 0 Å². The number of carbonyl (C=O) groups excluding carboxylic acids is 3. The molecule has 0 unspecified atom stereocenters. The molecule has 0 atom stereocenters. The van der Waals surface area contributed by atoms with Gasteiger partial charge in [-0.2, -0.15) is 0 Å². The van der Waals surface area contributed by atoms with E-state index in [1.54, 1.807) is 62.3 Å². The van der Waals surface area contributed by atoms with Crippen LogP contribution in [-0.4, -0.2) is 86.1 Å². The van der Waals surface area contributed by atoms with E-state index < -0.39 is 22.2 Å². The number of aliphatic hydroxyl groups excluding tert-OH is 1. The van der Waals surface area contributed by atoms with E-state index in [2.05, 4.69) is 0 Å². The normalized spacial score (nSPS) is 12.8. The molecule has 36 heavy (non-hydrogen) atoms. The molecular formula is C26H48O10. The molecule has 0 fully saturated rings. The Bertz CT molecular complexity index is 579. The Kier molecular flexibility index (Phi) is 14.7. The average molecular weight is 521 g/mol. The van der Waals surface area contributed by atoms with Crippen LogP contribution in [0.15, 0.2) is 0 Å². The summed E-state index contributed by atoms with van der Waals surface area (Å²) in [4.78, 5) is 35.7. The van der Waals surface area contributed by atoms with Gasteiger partial charge in [-0.3, -0.25) is 14.4 Å². The summed E-state index contributed by atoms with van der Waals surface area (Å²) < 4.78 is 32.8. The first kappa shape index (κ1) is 34.2. The highest BCUT2D eigenvalue weighted by atomic mass is 16.6. The van der Waals surface area contributed by atoms with Crippen LogP contribution >= 0.6 is 0 Å². The zero-order valence-electron chi connectivity index (χ0n) is 23.7. The Morgan fingerprint density at radius 1 is 0.528 bits per heavy atom. The van der Waals surface area contributed by atoms with Crippen molar-refractivity contribution >= 4 is 17.9 Å². The van der Waals surface area contributed by atoms with Crippen molar-refractivity contribution in [1.29, 1.82) is 0 Å². The minimum atomic E-state index is -0.963. The summed E-state index contributed by atoms with van der Waals surface area (Å²) in [7, 11) is 0. The highest BCUT2D eigenvalue weighted by molar-refractivity contribution is 5.70. The molecule has 0 radical (unpaired) electrons. The molecule has 0 aliphatic carbocycles. The van der Waals surface area contributed by atoms with Crippen LogP contribution in [0.1, 0.15) is 81.6 Å². The fraction of sp³-hybridized carbons (Fsp3) is 0.885. The molecule has 1 N–H and O–H groups in total. The molecule has 0 aliphatic rings. The summed E-state index contributed by atoms with van der Waals surface area (Å²) in [6.07, 6.45) is 0.160. The smallest absolute Gasteiger partial charge is 0.308 e. The second kappa shape index (κ2) is 15.5. The van der Waals surface area contributed by atoms with E-state index >= 15 is 0 Å². The maximum atomic E-state index is 11.9. The van der Waals surface area contributed by atoms with Crippen LogP contribution in [0.3, 0.4) is 0 Å². The van der Waals surface area contributed by atoms with Gasteiger partial charge in [0.1, 0.15) is 16.8 Å². The first-order valence-corrected chi connectivity index (χ1v) is 12.4. The molecule has 0 rings (SSSR count). The van der Waals surface area contributed by atoms with E-state index in [0.29, 0.717) is 0 Å². The molecule has 0 spiro atoms. The Balaban J connectivity index is 4.84. The van der Waals surface area contributed by atoms with Crippen LogP contribution in [-0.2, 0) is 42.8 Å². The standard InChI is InChI=1S/C26H48O10/c1-23(2,3)34-20(28)10-13-31-17-26(16-27,18-32-14-11-21(29)35-24(4,5)6)19-33-15-12-22(30)36-25(7,8)9/h27H,10-19H2,1-9H3. The average Bonchev–Trinajstić information content (AvgIpc) is 2.67. The van der Waals surface area contributed by atoms with Crippen LogP contribution in [0, 0.1) is 5.41 Å². The minimum absolute atomic E-state index is 0.0329. The number of hydrogen-bond acceptors (Lipinski definition) is 10. The second-order valence-corrected chi connectivity index (χ2v) is 11.8. The molecule has 0 aliphatic heterocycles. The summed E-state index contributed by atoms with van der Waals surface area (Å²) in [6.45, 7) is 16.1. The van der Waals surface area contributed by atoms with E-state index in [4.69, 9.17) is 28.4 Å². The van der Waals surface area contributed by atoms with Crippen LogP contribution < -0.4 is 0 Å². The first-order chi connectivity index (χ1) is 16.4. The van der Waals surface area contributed by atoms with Crippen molar-refractivity contribution in [2.75, 3.05) is 46.2 Å². The third-order valence-corrected chi connectivity index (χ3v) is 4.17. The Hall–Kier alpha value is -1.75. The van der Waals surface area contributed by atoms with Gasteiger partial charge < -0.3 is 33.5 Å². The Morgan fingerprint density at radius 3 is 0.972 bits per heavy atom. The lowest BCUT2D eigenvalue weighted by atomic mass is 9.92. The Labute approximate surface area is 216 Å². The molecule has 0 bridgehead atoms. The van der Waals surface area contributed by atoms with E-state index in [-0.39, 0.29) is 83.4 Å². The highest BCUT2D eigenvalue weighted by Crippen LogP contribution is 2.20. The molecule has 0 heterocycles. The quantitative estimate of drug-likeness (QED) is 0.184.